The second kappa shape index (κ2) is 6.30. The molecule has 6 nitrogen and oxygen atoms in total. The number of hydrogen-bond acceptors (Lipinski definition) is 6. The van der Waals surface area contributed by atoms with E-state index in [1.807, 2.05) is 0 Å². The van der Waals surface area contributed by atoms with Gasteiger partial charge in [0.2, 0.25) is 0 Å². The van der Waals surface area contributed by atoms with Gasteiger partial charge < -0.3 is 30.1 Å². The predicted octanol–water partition coefficient (Wildman–Crippen LogP) is 1.88. The van der Waals surface area contributed by atoms with Gasteiger partial charge in [-0.15, -0.1) is 0 Å². The summed E-state index contributed by atoms with van der Waals surface area (Å²) >= 11 is 0. The van der Waals surface area contributed by atoms with Gasteiger partial charge in [0.05, 0.1) is 23.7 Å². The Morgan fingerprint density at radius 2 is 1.72 bits per heavy atom. The highest BCUT2D eigenvalue weighted by atomic mass is 16.7. The number of piperidine rings is 2. The molecule has 180 valence electrons. The summed E-state index contributed by atoms with van der Waals surface area (Å²) in [4.78, 5) is 2.75. The van der Waals surface area contributed by atoms with Crippen LogP contribution in [-0.4, -0.2) is 74.2 Å². The quantitative estimate of drug-likeness (QED) is 0.453. The van der Waals surface area contributed by atoms with Gasteiger partial charge >= 0.3 is 0 Å². The Morgan fingerprint density at radius 3 is 2.53 bits per heavy atom. The van der Waals surface area contributed by atoms with E-state index < -0.39 is 41.0 Å². The lowest BCUT2D eigenvalue weighted by atomic mass is 9.47. The van der Waals surface area contributed by atoms with E-state index in [1.165, 1.54) is 38.6 Å². The maximum Gasteiger partial charge on any atom is 0.198 e. The minimum Gasteiger partial charge on any atom is -0.390 e. The summed E-state index contributed by atoms with van der Waals surface area (Å²) in [6, 6.07) is 0.753. The molecule has 4 saturated carbocycles. The zero-order chi connectivity index (χ0) is 22.3. The summed E-state index contributed by atoms with van der Waals surface area (Å²) in [7, 11) is 0. The van der Waals surface area contributed by atoms with Gasteiger partial charge in [0.25, 0.3) is 0 Å². The Kier molecular flexibility index (Phi) is 4.15. The second-order valence-corrected chi connectivity index (χ2v) is 13.3. The monoisotopic (exact) mass is 447 g/mol. The second-order valence-electron chi connectivity index (χ2n) is 13.3. The van der Waals surface area contributed by atoms with E-state index in [4.69, 9.17) is 4.74 Å². The molecule has 0 amide bonds. The van der Waals surface area contributed by atoms with Crippen molar-refractivity contribution in [2.75, 3.05) is 13.1 Å². The number of ether oxygens (including phenoxy) is 1. The van der Waals surface area contributed by atoms with Crippen LogP contribution in [0.5, 0.6) is 0 Å². The van der Waals surface area contributed by atoms with Crippen molar-refractivity contribution in [2.45, 2.75) is 107 Å². The fraction of sp³-hybridized carbons (Fsp3) is 1.00. The number of aliphatic hydroxyl groups is 4. The molecule has 0 radical (unpaired) electrons. The minimum absolute atomic E-state index is 0.114. The predicted molar refractivity (Wildman–Crippen MR) is 117 cm³/mol. The van der Waals surface area contributed by atoms with Gasteiger partial charge in [0.15, 0.2) is 5.79 Å². The van der Waals surface area contributed by atoms with Crippen LogP contribution in [0.15, 0.2) is 0 Å². The van der Waals surface area contributed by atoms with E-state index in [-0.39, 0.29) is 11.3 Å². The summed E-state index contributed by atoms with van der Waals surface area (Å²) < 4.78 is 6.68. The standard InChI is InChI=1S/C26H41NO5/c1-23-8-6-14-11-15-5-3-4-10-27(15)13-16(14)17(23)12-25-21(23)19(29)20(30)22-24(25,2)9-7-18(28)26(22,31)32-25/h14-22,28-31H,3-13H2,1-2H3. The van der Waals surface area contributed by atoms with Crippen LogP contribution in [0.25, 0.3) is 0 Å². The van der Waals surface area contributed by atoms with Crippen molar-refractivity contribution < 1.29 is 25.2 Å². The molecule has 0 aromatic carbocycles. The summed E-state index contributed by atoms with van der Waals surface area (Å²) in [5.41, 5.74) is -1.21. The maximum absolute atomic E-state index is 11.6. The molecule has 7 fully saturated rings. The third-order valence-corrected chi connectivity index (χ3v) is 12.4. The Morgan fingerprint density at radius 1 is 0.938 bits per heavy atom. The zero-order valence-electron chi connectivity index (χ0n) is 19.6. The number of hydrogen-bond donors (Lipinski definition) is 4. The van der Waals surface area contributed by atoms with E-state index >= 15 is 0 Å². The molecular weight excluding hydrogens is 406 g/mol. The van der Waals surface area contributed by atoms with Gasteiger partial charge in [-0.2, -0.15) is 0 Å². The van der Waals surface area contributed by atoms with E-state index in [1.54, 1.807) is 0 Å². The molecule has 7 rings (SSSR count). The lowest BCUT2D eigenvalue weighted by Gasteiger charge is -2.58. The van der Waals surface area contributed by atoms with Crippen LogP contribution in [0.1, 0.15) is 71.6 Å². The van der Waals surface area contributed by atoms with Crippen LogP contribution in [0.3, 0.4) is 0 Å². The SMILES string of the molecule is CC12CCC3CC4CCCCN4CC3C1CC13OC4(O)C(O)CCC1(C)C4C(O)C(O)C23. The minimum atomic E-state index is -1.75. The van der Waals surface area contributed by atoms with Gasteiger partial charge in [-0.05, 0) is 81.1 Å². The van der Waals surface area contributed by atoms with E-state index in [9.17, 15) is 20.4 Å². The van der Waals surface area contributed by atoms with Crippen LogP contribution in [0.2, 0.25) is 0 Å². The highest BCUT2D eigenvalue weighted by Gasteiger charge is 2.85. The Labute approximate surface area is 191 Å². The first-order valence-electron chi connectivity index (χ1n) is 13.4. The first kappa shape index (κ1) is 21.1. The van der Waals surface area contributed by atoms with Crippen LogP contribution in [0.4, 0.5) is 0 Å². The van der Waals surface area contributed by atoms with Crippen molar-refractivity contribution in [1.29, 1.82) is 0 Å². The largest absolute Gasteiger partial charge is 0.390 e. The smallest absolute Gasteiger partial charge is 0.198 e. The van der Waals surface area contributed by atoms with Crippen molar-refractivity contribution in [3.63, 3.8) is 0 Å². The van der Waals surface area contributed by atoms with Crippen molar-refractivity contribution in [3.8, 4) is 0 Å². The molecule has 13 unspecified atom stereocenters. The molecule has 0 aromatic rings. The average Bonchev–Trinajstić information content (AvgIpc) is 3.08. The highest BCUT2D eigenvalue weighted by molar-refractivity contribution is 5.31. The topological polar surface area (TPSA) is 93.4 Å². The number of fused-ring (bicyclic) bond motifs is 5. The maximum atomic E-state index is 11.6. The van der Waals surface area contributed by atoms with Gasteiger partial charge in [-0.25, -0.2) is 0 Å². The number of rotatable bonds is 0. The van der Waals surface area contributed by atoms with E-state index in [2.05, 4.69) is 18.7 Å². The third kappa shape index (κ3) is 2.16. The van der Waals surface area contributed by atoms with Gasteiger partial charge in [-0.3, -0.25) is 0 Å². The zero-order valence-corrected chi connectivity index (χ0v) is 19.6. The summed E-state index contributed by atoms with van der Waals surface area (Å²) in [6.45, 7) is 6.89. The van der Waals surface area contributed by atoms with Crippen LogP contribution < -0.4 is 0 Å². The lowest BCUT2D eigenvalue weighted by molar-refractivity contribution is -0.287. The molecule has 3 saturated heterocycles. The van der Waals surface area contributed by atoms with Gasteiger partial charge in [-0.1, -0.05) is 20.3 Å². The van der Waals surface area contributed by atoms with Crippen LogP contribution >= 0.6 is 0 Å². The number of aliphatic hydroxyl groups excluding tert-OH is 3. The Bertz CT molecular complexity index is 824. The van der Waals surface area contributed by atoms with Crippen molar-refractivity contribution in [2.24, 2.45) is 40.4 Å². The van der Waals surface area contributed by atoms with E-state index in [0.717, 1.165) is 37.8 Å². The first-order chi connectivity index (χ1) is 15.2. The molecule has 0 aromatic heterocycles. The Hall–Kier alpha value is -0.240. The van der Waals surface area contributed by atoms with Crippen molar-refractivity contribution in [1.82, 2.24) is 4.90 Å². The molecule has 7 aliphatic rings. The molecule has 32 heavy (non-hydrogen) atoms. The van der Waals surface area contributed by atoms with Gasteiger partial charge in [0, 0.05) is 23.9 Å². The van der Waals surface area contributed by atoms with Gasteiger partial charge in [0.1, 0.15) is 6.10 Å². The fourth-order valence-corrected chi connectivity index (χ4v) is 11.1. The molecule has 3 aliphatic heterocycles. The first-order valence-corrected chi connectivity index (χ1v) is 13.4. The summed E-state index contributed by atoms with van der Waals surface area (Å²) in [5, 5.41) is 45.3. The molecule has 4 N–H and O–H groups in total. The molecular formula is C26H41NO5. The molecule has 13 atom stereocenters. The molecule has 4 bridgehead atoms. The Balaban J connectivity index is 1.33. The summed E-state index contributed by atoms with van der Waals surface area (Å²) in [5.74, 6) is -0.831. The molecule has 4 aliphatic carbocycles. The fourth-order valence-electron chi connectivity index (χ4n) is 11.1. The number of nitrogens with zero attached hydrogens (tertiary/aromatic N) is 1. The third-order valence-electron chi connectivity index (χ3n) is 12.4. The van der Waals surface area contributed by atoms with Crippen molar-refractivity contribution in [3.05, 3.63) is 0 Å². The van der Waals surface area contributed by atoms with Crippen LogP contribution in [0, 0.1) is 40.4 Å². The highest BCUT2D eigenvalue weighted by Crippen LogP contribution is 2.78. The van der Waals surface area contributed by atoms with Crippen LogP contribution in [-0.2, 0) is 4.74 Å². The molecule has 6 heteroatoms. The van der Waals surface area contributed by atoms with E-state index in [0.29, 0.717) is 18.3 Å². The van der Waals surface area contributed by atoms with Crippen molar-refractivity contribution >= 4 is 0 Å². The molecule has 3 heterocycles. The molecule has 1 spiro atoms. The summed E-state index contributed by atoms with van der Waals surface area (Å²) in [6.07, 6.45) is 6.67. The normalized spacial score (nSPS) is 65.6. The average molecular weight is 448 g/mol. The lowest BCUT2D eigenvalue weighted by Crippen LogP contribution is -2.67.